The molecule has 0 spiro atoms. The first kappa shape index (κ1) is 17.8. The molecule has 1 fully saturated rings. The summed E-state index contributed by atoms with van der Waals surface area (Å²) in [5.74, 6) is 1.27. The Hall–Kier alpha value is -0.560. The first-order valence-corrected chi connectivity index (χ1v) is 8.58. The van der Waals surface area contributed by atoms with Gasteiger partial charge in [-0.25, -0.2) is 0 Å². The fourth-order valence-corrected chi connectivity index (χ4v) is 3.59. The number of rotatable bonds is 4. The van der Waals surface area contributed by atoms with Crippen LogP contribution in [0.15, 0.2) is 38.2 Å². The maximum absolute atomic E-state index is 6.25. The minimum atomic E-state index is -0.375. The summed E-state index contributed by atoms with van der Waals surface area (Å²) < 4.78 is 6.25. The third-order valence-electron chi connectivity index (χ3n) is 3.82. The van der Waals surface area contributed by atoms with Gasteiger partial charge in [-0.15, -0.1) is 24.2 Å². The number of benzene rings is 1. The van der Waals surface area contributed by atoms with Gasteiger partial charge < -0.3 is 10.3 Å². The zero-order valence-electron chi connectivity index (χ0n) is 12.5. The maximum Gasteiger partial charge on any atom is 0.242 e. The fraction of sp³-hybridized carbons (Fsp3) is 0.467. The van der Waals surface area contributed by atoms with Gasteiger partial charge >= 0.3 is 0 Å². The van der Waals surface area contributed by atoms with Gasteiger partial charge in [-0.05, 0) is 57.4 Å². The molecule has 4 nitrogen and oxygen atoms in total. The third kappa shape index (κ3) is 3.50. The molecule has 0 radical (unpaired) electrons. The van der Waals surface area contributed by atoms with Crippen molar-refractivity contribution in [3.63, 3.8) is 0 Å². The van der Waals surface area contributed by atoms with Crippen molar-refractivity contribution in [3.05, 3.63) is 40.5 Å². The third-order valence-corrected chi connectivity index (χ3v) is 5.54. The van der Waals surface area contributed by atoms with Crippen molar-refractivity contribution in [1.82, 2.24) is 10.1 Å². The molecule has 1 aromatic heterocycles. The fourth-order valence-electron chi connectivity index (χ4n) is 2.29. The Labute approximate surface area is 149 Å². The Balaban J connectivity index is 0.00000176. The van der Waals surface area contributed by atoms with Crippen molar-refractivity contribution >= 4 is 40.1 Å². The van der Waals surface area contributed by atoms with E-state index in [2.05, 4.69) is 52.1 Å². The van der Waals surface area contributed by atoms with Crippen molar-refractivity contribution in [2.24, 2.45) is 5.73 Å². The Morgan fingerprint density at radius 1 is 1.27 bits per heavy atom. The number of hydrogen-bond donors (Lipinski definition) is 1. The molecule has 1 saturated carbocycles. The summed E-state index contributed by atoms with van der Waals surface area (Å²) in [6, 6.07) is 8.20. The average Bonchev–Trinajstić information content (AvgIpc) is 2.89. The van der Waals surface area contributed by atoms with E-state index in [4.69, 9.17) is 10.3 Å². The van der Waals surface area contributed by atoms with Crippen LogP contribution in [0.4, 0.5) is 0 Å². The number of nitrogens with zero attached hydrogens (tertiary/aromatic N) is 2. The Morgan fingerprint density at radius 2 is 1.91 bits per heavy atom. The molecule has 2 aromatic rings. The van der Waals surface area contributed by atoms with E-state index < -0.39 is 0 Å². The van der Waals surface area contributed by atoms with E-state index in [1.54, 1.807) is 11.8 Å². The second kappa shape index (κ2) is 6.51. The van der Waals surface area contributed by atoms with Crippen molar-refractivity contribution in [2.75, 3.05) is 0 Å². The highest BCUT2D eigenvalue weighted by molar-refractivity contribution is 9.10. The lowest BCUT2D eigenvalue weighted by Crippen LogP contribution is -2.44. The van der Waals surface area contributed by atoms with E-state index in [9.17, 15) is 0 Å². The summed E-state index contributed by atoms with van der Waals surface area (Å²) in [6.45, 7) is 4.17. The number of halogens is 2. The van der Waals surface area contributed by atoms with E-state index in [1.807, 2.05) is 12.1 Å². The number of hydrogen-bond acceptors (Lipinski definition) is 5. The van der Waals surface area contributed by atoms with Gasteiger partial charge in [0.1, 0.15) is 0 Å². The van der Waals surface area contributed by atoms with Gasteiger partial charge in [0.05, 0.1) is 10.3 Å². The van der Waals surface area contributed by atoms with E-state index in [0.29, 0.717) is 11.7 Å². The highest BCUT2D eigenvalue weighted by Crippen LogP contribution is 2.42. The quantitative estimate of drug-likeness (QED) is 0.753. The molecule has 2 N–H and O–H groups in total. The van der Waals surface area contributed by atoms with Crippen LogP contribution in [0.5, 0.6) is 0 Å². The molecule has 0 aliphatic heterocycles. The van der Waals surface area contributed by atoms with Crippen LogP contribution in [0, 0.1) is 0 Å². The Bertz CT molecular complexity index is 640. The lowest BCUT2D eigenvalue weighted by Gasteiger charge is -2.34. The summed E-state index contributed by atoms with van der Waals surface area (Å²) >= 11 is 5.14. The van der Waals surface area contributed by atoms with Crippen LogP contribution in [0.2, 0.25) is 0 Å². The van der Waals surface area contributed by atoms with Gasteiger partial charge in [-0.1, -0.05) is 21.1 Å². The van der Waals surface area contributed by atoms with Crippen molar-refractivity contribution in [1.29, 1.82) is 0 Å². The molecule has 0 bridgehead atoms. The van der Waals surface area contributed by atoms with Crippen molar-refractivity contribution in [3.8, 4) is 0 Å². The number of thioether (sulfide) groups is 1. The highest BCUT2D eigenvalue weighted by Gasteiger charge is 2.40. The van der Waals surface area contributed by atoms with Gasteiger partial charge in [-0.2, -0.15) is 4.98 Å². The predicted octanol–water partition coefficient (Wildman–Crippen LogP) is 4.62. The van der Waals surface area contributed by atoms with Crippen LogP contribution in [0.25, 0.3) is 0 Å². The minimum absolute atomic E-state index is 0. The molecule has 1 aromatic carbocycles. The Kier molecular flexibility index (Phi) is 5.27. The van der Waals surface area contributed by atoms with E-state index in [-0.39, 0.29) is 22.7 Å². The van der Waals surface area contributed by atoms with Crippen LogP contribution < -0.4 is 5.73 Å². The van der Waals surface area contributed by atoms with Crippen LogP contribution in [0.3, 0.4) is 0 Å². The van der Waals surface area contributed by atoms with Crippen LogP contribution in [-0.4, -0.2) is 10.1 Å². The van der Waals surface area contributed by atoms with Gasteiger partial charge in [0.2, 0.25) is 5.89 Å². The number of nitrogens with two attached hydrogens (primary N) is 1. The zero-order chi connectivity index (χ0) is 15.1. The van der Waals surface area contributed by atoms with E-state index in [1.165, 1.54) is 0 Å². The normalized spacial score (nSPS) is 16.7. The molecule has 0 saturated heterocycles. The van der Waals surface area contributed by atoms with Gasteiger partial charge in [0.25, 0.3) is 0 Å². The molecule has 22 heavy (non-hydrogen) atoms. The Morgan fingerprint density at radius 3 is 2.45 bits per heavy atom. The van der Waals surface area contributed by atoms with Gasteiger partial charge in [0, 0.05) is 9.37 Å². The molecule has 1 aliphatic rings. The van der Waals surface area contributed by atoms with Gasteiger partial charge in [-0.3, -0.25) is 0 Å². The molecule has 1 heterocycles. The lowest BCUT2D eigenvalue weighted by molar-refractivity contribution is 0.228. The monoisotopic (exact) mass is 403 g/mol. The number of aromatic nitrogens is 2. The van der Waals surface area contributed by atoms with Crippen LogP contribution in [-0.2, 0) is 10.3 Å². The summed E-state index contributed by atoms with van der Waals surface area (Å²) in [4.78, 5) is 5.72. The molecule has 0 atom stereocenters. The van der Waals surface area contributed by atoms with Gasteiger partial charge in [0.15, 0.2) is 5.82 Å². The second-order valence-corrected chi connectivity index (χ2v) is 8.61. The molecule has 3 rings (SSSR count). The first-order chi connectivity index (χ1) is 9.89. The highest BCUT2D eigenvalue weighted by atomic mass is 79.9. The molecule has 7 heteroatoms. The predicted molar refractivity (Wildman–Crippen MR) is 94.3 cm³/mol. The average molecular weight is 405 g/mol. The molecule has 1 aliphatic carbocycles. The topological polar surface area (TPSA) is 64.9 Å². The standard InChI is InChI=1S/C15H18BrN3OS.ClH/c1-14(2,21-11-6-4-10(16)5-7-11)13-18-12(19-20-13)15(17)8-3-9-15;/h4-7H,3,8-9,17H2,1-2H3;1H. The molecular weight excluding hydrogens is 386 g/mol. The summed E-state index contributed by atoms with van der Waals surface area (Å²) in [6.07, 6.45) is 3.01. The smallest absolute Gasteiger partial charge is 0.242 e. The molecule has 0 unspecified atom stereocenters. The molecular formula is C15H19BrClN3OS. The second-order valence-electron chi connectivity index (χ2n) is 6.00. The summed E-state index contributed by atoms with van der Waals surface area (Å²) in [7, 11) is 0. The minimum Gasteiger partial charge on any atom is -0.338 e. The summed E-state index contributed by atoms with van der Waals surface area (Å²) in [5, 5.41) is 4.10. The van der Waals surface area contributed by atoms with Crippen molar-refractivity contribution in [2.45, 2.75) is 48.3 Å². The van der Waals surface area contributed by atoms with Crippen LogP contribution in [0.1, 0.15) is 44.8 Å². The van der Waals surface area contributed by atoms with E-state index in [0.717, 1.165) is 28.6 Å². The first-order valence-electron chi connectivity index (χ1n) is 6.97. The largest absolute Gasteiger partial charge is 0.338 e. The maximum atomic E-state index is 6.25. The molecule has 120 valence electrons. The summed E-state index contributed by atoms with van der Waals surface area (Å²) in [5.41, 5.74) is 5.88. The SMILES string of the molecule is CC(C)(Sc1ccc(Br)cc1)c1nc(C2(N)CCC2)no1.Cl. The molecule has 0 amide bonds. The lowest BCUT2D eigenvalue weighted by atomic mass is 9.77. The van der Waals surface area contributed by atoms with Crippen molar-refractivity contribution < 1.29 is 4.52 Å². The zero-order valence-corrected chi connectivity index (χ0v) is 15.7. The van der Waals surface area contributed by atoms with Crippen LogP contribution >= 0.6 is 40.1 Å². The van der Waals surface area contributed by atoms with E-state index >= 15 is 0 Å².